The number of nitriles is 1. The standard InChI is InChI=1S/C24H28FN7O/c1-16-6-7-17(22(13-16)33-3)15-30-24(28-2)29-12-4-5-21-20(14-26)23(27)32(31-21)19-10-8-18(25)9-11-19/h6-11,13H,4-5,12,15,27H2,1-3H3,(H2,28,29,30). The molecule has 0 unspecified atom stereocenters. The molecule has 0 amide bonds. The van der Waals surface area contributed by atoms with Gasteiger partial charge in [0.15, 0.2) is 5.96 Å². The van der Waals surface area contributed by atoms with Gasteiger partial charge in [-0.05, 0) is 55.7 Å². The Bertz CT molecular complexity index is 1160. The first kappa shape index (κ1) is 23.6. The molecule has 0 fully saturated rings. The van der Waals surface area contributed by atoms with Gasteiger partial charge in [-0.2, -0.15) is 10.4 Å². The van der Waals surface area contributed by atoms with E-state index < -0.39 is 0 Å². The molecule has 1 aromatic heterocycles. The molecule has 4 N–H and O–H groups in total. The number of nitrogens with two attached hydrogens (primary N) is 1. The molecule has 0 aliphatic rings. The summed E-state index contributed by atoms with van der Waals surface area (Å²) in [5, 5.41) is 20.5. The first-order chi connectivity index (χ1) is 16.0. The highest BCUT2D eigenvalue weighted by Crippen LogP contribution is 2.22. The van der Waals surface area contributed by atoms with Crippen LogP contribution in [0.15, 0.2) is 47.5 Å². The number of benzene rings is 2. The number of ether oxygens (including phenoxy) is 1. The number of aryl methyl sites for hydroxylation is 2. The summed E-state index contributed by atoms with van der Waals surface area (Å²) in [7, 11) is 3.37. The summed E-state index contributed by atoms with van der Waals surface area (Å²) in [5.41, 5.74) is 9.83. The average molecular weight is 450 g/mol. The van der Waals surface area contributed by atoms with Crippen LogP contribution in [-0.2, 0) is 13.0 Å². The van der Waals surface area contributed by atoms with Crippen molar-refractivity contribution in [2.45, 2.75) is 26.3 Å². The number of aliphatic imine (C=N–C) groups is 1. The van der Waals surface area contributed by atoms with Crippen LogP contribution >= 0.6 is 0 Å². The number of nitrogens with one attached hydrogen (secondary N) is 2. The molecule has 8 nitrogen and oxygen atoms in total. The van der Waals surface area contributed by atoms with Crippen molar-refractivity contribution < 1.29 is 9.13 Å². The third-order valence-corrected chi connectivity index (χ3v) is 5.17. The maximum Gasteiger partial charge on any atom is 0.191 e. The van der Waals surface area contributed by atoms with Crippen molar-refractivity contribution in [2.24, 2.45) is 4.99 Å². The van der Waals surface area contributed by atoms with Crippen LogP contribution in [0.1, 0.15) is 28.8 Å². The fourth-order valence-electron chi connectivity index (χ4n) is 3.41. The molecule has 0 aliphatic carbocycles. The highest BCUT2D eigenvalue weighted by molar-refractivity contribution is 5.79. The summed E-state index contributed by atoms with van der Waals surface area (Å²) < 4.78 is 20.1. The Morgan fingerprint density at radius 1 is 1.24 bits per heavy atom. The summed E-state index contributed by atoms with van der Waals surface area (Å²) in [6, 6.07) is 14.0. The molecule has 3 aromatic rings. The Labute approximate surface area is 192 Å². The summed E-state index contributed by atoms with van der Waals surface area (Å²) in [5.74, 6) is 1.39. The zero-order chi connectivity index (χ0) is 23.8. The lowest BCUT2D eigenvalue weighted by molar-refractivity contribution is 0.408. The molecular formula is C24H28FN7O. The van der Waals surface area contributed by atoms with Crippen molar-refractivity contribution in [2.75, 3.05) is 26.4 Å². The zero-order valence-electron chi connectivity index (χ0n) is 19.0. The predicted octanol–water partition coefficient (Wildman–Crippen LogP) is 3.08. The summed E-state index contributed by atoms with van der Waals surface area (Å²) in [4.78, 5) is 4.25. The summed E-state index contributed by atoms with van der Waals surface area (Å²) >= 11 is 0. The van der Waals surface area contributed by atoms with E-state index >= 15 is 0 Å². The van der Waals surface area contributed by atoms with E-state index in [0.717, 1.165) is 16.9 Å². The lowest BCUT2D eigenvalue weighted by atomic mass is 10.1. The van der Waals surface area contributed by atoms with E-state index in [9.17, 15) is 9.65 Å². The van der Waals surface area contributed by atoms with Gasteiger partial charge < -0.3 is 21.1 Å². The normalized spacial score (nSPS) is 11.2. The minimum Gasteiger partial charge on any atom is -0.496 e. The van der Waals surface area contributed by atoms with E-state index in [2.05, 4.69) is 26.8 Å². The monoisotopic (exact) mass is 449 g/mol. The molecule has 33 heavy (non-hydrogen) atoms. The van der Waals surface area contributed by atoms with Crippen molar-refractivity contribution in [3.8, 4) is 17.5 Å². The fourth-order valence-corrected chi connectivity index (χ4v) is 3.41. The number of nitrogens with zero attached hydrogens (tertiary/aromatic N) is 4. The van der Waals surface area contributed by atoms with Crippen molar-refractivity contribution in [3.05, 3.63) is 70.7 Å². The first-order valence-electron chi connectivity index (χ1n) is 10.6. The van der Waals surface area contributed by atoms with Gasteiger partial charge >= 0.3 is 0 Å². The van der Waals surface area contributed by atoms with Gasteiger partial charge in [-0.15, -0.1) is 0 Å². The highest BCUT2D eigenvalue weighted by Gasteiger charge is 2.16. The molecule has 0 aliphatic heterocycles. The van der Waals surface area contributed by atoms with Crippen LogP contribution < -0.4 is 21.1 Å². The Balaban J connectivity index is 1.56. The quantitative estimate of drug-likeness (QED) is 0.277. The molecule has 0 saturated carbocycles. The van der Waals surface area contributed by atoms with Gasteiger partial charge in [0, 0.05) is 25.7 Å². The van der Waals surface area contributed by atoms with Crippen LogP contribution in [0, 0.1) is 24.1 Å². The van der Waals surface area contributed by atoms with Crippen LogP contribution in [0.2, 0.25) is 0 Å². The number of rotatable bonds is 8. The van der Waals surface area contributed by atoms with E-state index in [1.54, 1.807) is 26.3 Å². The van der Waals surface area contributed by atoms with Crippen molar-refractivity contribution in [1.29, 1.82) is 5.26 Å². The van der Waals surface area contributed by atoms with Gasteiger partial charge in [0.1, 0.15) is 29.0 Å². The number of guanidine groups is 1. The lowest BCUT2D eigenvalue weighted by Crippen LogP contribution is -2.37. The molecule has 0 radical (unpaired) electrons. The molecule has 9 heteroatoms. The molecule has 0 atom stereocenters. The topological polar surface area (TPSA) is 113 Å². The van der Waals surface area contributed by atoms with Crippen molar-refractivity contribution >= 4 is 11.8 Å². The van der Waals surface area contributed by atoms with Gasteiger partial charge in [0.05, 0.1) is 18.5 Å². The number of halogens is 1. The van der Waals surface area contributed by atoms with E-state index in [0.29, 0.717) is 48.8 Å². The third kappa shape index (κ3) is 5.80. The van der Waals surface area contributed by atoms with E-state index in [4.69, 9.17) is 10.5 Å². The molecule has 1 heterocycles. The second kappa shape index (κ2) is 11.0. The molecule has 0 bridgehead atoms. The van der Waals surface area contributed by atoms with Crippen LogP contribution in [0.25, 0.3) is 5.69 Å². The van der Waals surface area contributed by atoms with E-state index in [1.807, 2.05) is 25.1 Å². The van der Waals surface area contributed by atoms with Gasteiger partial charge in [-0.1, -0.05) is 12.1 Å². The Morgan fingerprint density at radius 2 is 2.00 bits per heavy atom. The Kier molecular flexibility index (Phi) is 7.86. The van der Waals surface area contributed by atoms with Crippen LogP contribution in [0.5, 0.6) is 5.75 Å². The molecule has 172 valence electrons. The molecular weight excluding hydrogens is 421 g/mol. The zero-order valence-corrected chi connectivity index (χ0v) is 19.0. The number of aromatic nitrogens is 2. The maximum absolute atomic E-state index is 13.2. The molecule has 0 saturated heterocycles. The third-order valence-electron chi connectivity index (χ3n) is 5.17. The minimum absolute atomic E-state index is 0.247. The number of hydrogen-bond donors (Lipinski definition) is 3. The summed E-state index contributed by atoms with van der Waals surface area (Å²) in [6.07, 6.45) is 1.26. The Morgan fingerprint density at radius 3 is 2.67 bits per heavy atom. The SMILES string of the molecule is CN=C(NCCCc1nn(-c2ccc(F)cc2)c(N)c1C#N)NCc1ccc(C)cc1OC. The highest BCUT2D eigenvalue weighted by atomic mass is 19.1. The molecule has 2 aromatic carbocycles. The molecule has 0 spiro atoms. The summed E-state index contributed by atoms with van der Waals surface area (Å²) in [6.45, 7) is 3.22. The van der Waals surface area contributed by atoms with E-state index in [-0.39, 0.29) is 11.6 Å². The minimum atomic E-state index is -0.348. The van der Waals surface area contributed by atoms with Crippen LogP contribution in [0.4, 0.5) is 10.2 Å². The smallest absolute Gasteiger partial charge is 0.191 e. The van der Waals surface area contributed by atoms with Crippen LogP contribution in [-0.4, -0.2) is 36.4 Å². The number of methoxy groups -OCH3 is 1. The van der Waals surface area contributed by atoms with E-state index in [1.165, 1.54) is 16.8 Å². The maximum atomic E-state index is 13.2. The number of nitrogen functional groups attached to an aromatic ring is 1. The van der Waals surface area contributed by atoms with Crippen LogP contribution in [0.3, 0.4) is 0 Å². The van der Waals surface area contributed by atoms with Gasteiger partial charge in [0.2, 0.25) is 0 Å². The van der Waals surface area contributed by atoms with Crippen molar-refractivity contribution in [3.63, 3.8) is 0 Å². The average Bonchev–Trinajstić information content (AvgIpc) is 3.14. The van der Waals surface area contributed by atoms with Gasteiger partial charge in [0.25, 0.3) is 0 Å². The second-order valence-electron chi connectivity index (χ2n) is 7.48. The largest absolute Gasteiger partial charge is 0.496 e. The lowest BCUT2D eigenvalue weighted by Gasteiger charge is -2.14. The second-order valence-corrected chi connectivity index (χ2v) is 7.48. The number of anilines is 1. The molecule has 3 rings (SSSR count). The van der Waals surface area contributed by atoms with Gasteiger partial charge in [-0.25, -0.2) is 9.07 Å². The first-order valence-corrected chi connectivity index (χ1v) is 10.6. The van der Waals surface area contributed by atoms with Gasteiger partial charge in [-0.3, -0.25) is 4.99 Å². The van der Waals surface area contributed by atoms with Crippen molar-refractivity contribution in [1.82, 2.24) is 20.4 Å². The fraction of sp³-hybridized carbons (Fsp3) is 0.292. The predicted molar refractivity (Wildman–Crippen MR) is 127 cm³/mol. The number of hydrogen-bond acceptors (Lipinski definition) is 5. The Hall–Kier alpha value is -4.06.